The molecule has 136 valence electrons. The van der Waals surface area contributed by atoms with Crippen LogP contribution >= 0.6 is 0 Å². The van der Waals surface area contributed by atoms with Crippen molar-refractivity contribution in [1.82, 2.24) is 9.71 Å². The van der Waals surface area contributed by atoms with E-state index in [0.29, 0.717) is 23.4 Å². The normalized spacial score (nSPS) is 11.6. The summed E-state index contributed by atoms with van der Waals surface area (Å²) in [6, 6.07) is 16.1. The Morgan fingerprint density at radius 2 is 1.77 bits per heavy atom. The van der Waals surface area contributed by atoms with E-state index in [1.54, 1.807) is 36.5 Å². The molecule has 2 aromatic carbocycles. The third-order valence-corrected chi connectivity index (χ3v) is 5.52. The summed E-state index contributed by atoms with van der Waals surface area (Å²) in [6.07, 6.45) is 3.64. The molecule has 6 heteroatoms. The van der Waals surface area contributed by atoms with E-state index in [1.807, 2.05) is 24.3 Å². The first-order chi connectivity index (χ1) is 12.6. The minimum absolute atomic E-state index is 0.145. The summed E-state index contributed by atoms with van der Waals surface area (Å²) in [5.41, 5.74) is 0.667. The molecule has 0 saturated heterocycles. The van der Waals surface area contributed by atoms with Gasteiger partial charge < -0.3 is 4.74 Å². The van der Waals surface area contributed by atoms with Crippen molar-refractivity contribution < 1.29 is 13.2 Å². The summed E-state index contributed by atoms with van der Waals surface area (Å²) in [7, 11) is -3.67. The van der Waals surface area contributed by atoms with Gasteiger partial charge in [0.2, 0.25) is 10.0 Å². The number of nitrogens with one attached hydrogen (secondary N) is 1. The van der Waals surface area contributed by atoms with Crippen LogP contribution < -0.4 is 9.46 Å². The van der Waals surface area contributed by atoms with E-state index in [0.717, 1.165) is 18.2 Å². The fourth-order valence-electron chi connectivity index (χ4n) is 2.68. The highest BCUT2D eigenvalue weighted by Gasteiger charge is 2.19. The molecule has 5 nitrogen and oxygen atoms in total. The van der Waals surface area contributed by atoms with Crippen molar-refractivity contribution in [3.63, 3.8) is 0 Å². The standard InChI is InChI=1S/C20H22N2O3S/c1-2-3-14-25-19-11-12-20(18-10-5-4-9-17(18)19)26(23,24)22-15-16-8-6-7-13-21-16/h4-13,22H,2-3,14-15H2,1H3. The average Bonchev–Trinajstić information content (AvgIpc) is 2.67. The molecule has 26 heavy (non-hydrogen) atoms. The summed E-state index contributed by atoms with van der Waals surface area (Å²) in [6.45, 7) is 2.86. The maximum Gasteiger partial charge on any atom is 0.241 e. The molecule has 0 amide bonds. The van der Waals surface area contributed by atoms with Crippen LogP contribution in [-0.2, 0) is 16.6 Å². The zero-order chi connectivity index (χ0) is 18.4. The lowest BCUT2D eigenvalue weighted by Gasteiger charge is -2.13. The molecule has 0 aliphatic carbocycles. The maximum absolute atomic E-state index is 12.8. The van der Waals surface area contributed by atoms with E-state index in [9.17, 15) is 8.42 Å². The minimum atomic E-state index is -3.67. The Labute approximate surface area is 154 Å². The Balaban J connectivity index is 1.90. The second-order valence-electron chi connectivity index (χ2n) is 5.96. The third-order valence-electron chi connectivity index (χ3n) is 4.06. The largest absolute Gasteiger partial charge is 0.493 e. The summed E-state index contributed by atoms with van der Waals surface area (Å²) in [4.78, 5) is 4.39. The number of nitrogens with zero attached hydrogens (tertiary/aromatic N) is 1. The number of aromatic nitrogens is 1. The highest BCUT2D eigenvalue weighted by Crippen LogP contribution is 2.31. The SMILES string of the molecule is CCCCOc1ccc(S(=O)(=O)NCc2ccccn2)c2ccccc12. The molecule has 1 heterocycles. The topological polar surface area (TPSA) is 68.3 Å². The van der Waals surface area contributed by atoms with Crippen LogP contribution in [0.2, 0.25) is 0 Å². The first-order valence-electron chi connectivity index (χ1n) is 8.66. The van der Waals surface area contributed by atoms with Crippen LogP contribution in [0.4, 0.5) is 0 Å². The van der Waals surface area contributed by atoms with Gasteiger partial charge in [0.05, 0.1) is 23.7 Å². The highest BCUT2D eigenvalue weighted by molar-refractivity contribution is 7.89. The lowest BCUT2D eigenvalue weighted by atomic mass is 10.1. The Hall–Kier alpha value is -2.44. The molecule has 0 atom stereocenters. The molecule has 0 fully saturated rings. The van der Waals surface area contributed by atoms with Crippen LogP contribution in [0.15, 0.2) is 65.7 Å². The van der Waals surface area contributed by atoms with Gasteiger partial charge >= 0.3 is 0 Å². The number of sulfonamides is 1. The predicted molar refractivity (Wildman–Crippen MR) is 103 cm³/mol. The van der Waals surface area contributed by atoms with Crippen LogP contribution in [0.3, 0.4) is 0 Å². The van der Waals surface area contributed by atoms with E-state index in [4.69, 9.17) is 4.74 Å². The molecule has 0 spiro atoms. The van der Waals surface area contributed by atoms with Crippen molar-refractivity contribution in [3.8, 4) is 5.75 Å². The number of pyridine rings is 1. The van der Waals surface area contributed by atoms with E-state index in [1.165, 1.54) is 0 Å². The van der Waals surface area contributed by atoms with Crippen molar-refractivity contribution in [3.05, 3.63) is 66.5 Å². The second-order valence-corrected chi connectivity index (χ2v) is 7.69. The molecular formula is C20H22N2O3S. The second kappa shape index (κ2) is 8.29. The number of rotatable bonds is 8. The van der Waals surface area contributed by atoms with Gasteiger partial charge in [0.15, 0.2) is 0 Å². The lowest BCUT2D eigenvalue weighted by Crippen LogP contribution is -2.24. The van der Waals surface area contributed by atoms with E-state index in [-0.39, 0.29) is 11.4 Å². The van der Waals surface area contributed by atoms with E-state index in [2.05, 4.69) is 16.6 Å². The molecule has 1 N–H and O–H groups in total. The number of fused-ring (bicyclic) bond motifs is 1. The molecule has 1 aromatic heterocycles. The van der Waals surface area contributed by atoms with Gasteiger partial charge in [-0.3, -0.25) is 4.98 Å². The Morgan fingerprint density at radius 1 is 1.00 bits per heavy atom. The van der Waals surface area contributed by atoms with Crippen LogP contribution in [-0.4, -0.2) is 20.0 Å². The van der Waals surface area contributed by atoms with E-state index >= 15 is 0 Å². The van der Waals surface area contributed by atoms with Crippen molar-refractivity contribution >= 4 is 20.8 Å². The van der Waals surface area contributed by atoms with Crippen LogP contribution in [0, 0.1) is 0 Å². The zero-order valence-corrected chi connectivity index (χ0v) is 15.5. The number of ether oxygens (including phenoxy) is 1. The number of hydrogen-bond acceptors (Lipinski definition) is 4. The first-order valence-corrected chi connectivity index (χ1v) is 10.1. The van der Waals surface area contributed by atoms with Gasteiger partial charge in [0, 0.05) is 17.0 Å². The number of hydrogen-bond donors (Lipinski definition) is 1. The van der Waals surface area contributed by atoms with Crippen molar-refractivity contribution in [2.75, 3.05) is 6.61 Å². The molecule has 0 radical (unpaired) electrons. The number of unbranched alkanes of at least 4 members (excludes halogenated alkanes) is 1. The van der Waals surface area contributed by atoms with Gasteiger partial charge in [-0.1, -0.05) is 43.7 Å². The molecule has 0 saturated carbocycles. The van der Waals surface area contributed by atoms with Crippen LogP contribution in [0.1, 0.15) is 25.5 Å². The monoisotopic (exact) mass is 370 g/mol. The van der Waals surface area contributed by atoms with Crippen LogP contribution in [0.5, 0.6) is 5.75 Å². The summed E-state index contributed by atoms with van der Waals surface area (Å²) < 4.78 is 34.1. The molecule has 3 rings (SSSR count). The zero-order valence-electron chi connectivity index (χ0n) is 14.7. The van der Waals surface area contributed by atoms with Crippen molar-refractivity contribution in [2.24, 2.45) is 0 Å². The fraction of sp³-hybridized carbons (Fsp3) is 0.250. The number of benzene rings is 2. The van der Waals surface area contributed by atoms with Crippen molar-refractivity contribution in [2.45, 2.75) is 31.2 Å². The quantitative estimate of drug-likeness (QED) is 0.611. The van der Waals surface area contributed by atoms with E-state index < -0.39 is 10.0 Å². The molecule has 3 aromatic rings. The van der Waals surface area contributed by atoms with Crippen molar-refractivity contribution in [1.29, 1.82) is 0 Å². The van der Waals surface area contributed by atoms with Gasteiger partial charge in [0.1, 0.15) is 5.75 Å². The summed E-state index contributed by atoms with van der Waals surface area (Å²) in [5.74, 6) is 0.706. The Kier molecular flexibility index (Phi) is 5.85. The smallest absolute Gasteiger partial charge is 0.241 e. The van der Waals surface area contributed by atoms with Gasteiger partial charge in [0.25, 0.3) is 0 Å². The summed E-state index contributed by atoms with van der Waals surface area (Å²) >= 11 is 0. The molecular weight excluding hydrogens is 348 g/mol. The predicted octanol–water partition coefficient (Wildman–Crippen LogP) is 3.89. The Bertz CT molecular complexity index is 973. The van der Waals surface area contributed by atoms with Crippen LogP contribution in [0.25, 0.3) is 10.8 Å². The van der Waals surface area contributed by atoms with Gasteiger partial charge in [-0.2, -0.15) is 0 Å². The maximum atomic E-state index is 12.8. The third kappa shape index (κ3) is 4.20. The lowest BCUT2D eigenvalue weighted by molar-refractivity contribution is 0.313. The first kappa shape index (κ1) is 18.4. The minimum Gasteiger partial charge on any atom is -0.493 e. The fourth-order valence-corrected chi connectivity index (χ4v) is 3.89. The molecule has 0 unspecified atom stereocenters. The molecule has 0 bridgehead atoms. The van der Waals surface area contributed by atoms with Gasteiger partial charge in [-0.05, 0) is 30.7 Å². The highest BCUT2D eigenvalue weighted by atomic mass is 32.2. The average molecular weight is 370 g/mol. The Morgan fingerprint density at radius 3 is 2.50 bits per heavy atom. The van der Waals surface area contributed by atoms with Gasteiger partial charge in [-0.25, -0.2) is 13.1 Å². The molecule has 0 aliphatic heterocycles. The molecule has 0 aliphatic rings. The summed E-state index contributed by atoms with van der Waals surface area (Å²) in [5, 5.41) is 1.44. The van der Waals surface area contributed by atoms with Gasteiger partial charge in [-0.15, -0.1) is 0 Å².